The van der Waals surface area contributed by atoms with Gasteiger partial charge in [-0.1, -0.05) is 12.1 Å². The van der Waals surface area contributed by atoms with Crippen molar-refractivity contribution >= 4 is 11.0 Å². The maximum Gasteiger partial charge on any atom is 0.163 e. The Morgan fingerprint density at radius 2 is 1.84 bits per heavy atom. The summed E-state index contributed by atoms with van der Waals surface area (Å²) in [6.45, 7) is 1.95. The molecule has 2 heterocycles. The van der Waals surface area contributed by atoms with Crippen molar-refractivity contribution in [3.05, 3.63) is 72.3 Å². The van der Waals surface area contributed by atoms with E-state index in [9.17, 15) is 4.39 Å². The second kappa shape index (κ2) is 6.02. The van der Waals surface area contributed by atoms with Crippen molar-refractivity contribution in [2.24, 2.45) is 0 Å². The van der Waals surface area contributed by atoms with Crippen molar-refractivity contribution in [1.29, 1.82) is 0 Å². The lowest BCUT2D eigenvalue weighted by molar-refractivity contribution is 0.415. The normalized spacial score (nSPS) is 11.0. The van der Waals surface area contributed by atoms with E-state index in [1.165, 1.54) is 12.1 Å². The summed E-state index contributed by atoms with van der Waals surface area (Å²) in [5, 5.41) is 5.59. The maximum absolute atomic E-state index is 13.2. The van der Waals surface area contributed by atoms with Crippen molar-refractivity contribution in [2.75, 3.05) is 7.11 Å². The summed E-state index contributed by atoms with van der Waals surface area (Å²) in [5.74, 6) is 0.521. The minimum atomic E-state index is -0.276. The first kappa shape index (κ1) is 15.3. The van der Waals surface area contributed by atoms with Gasteiger partial charge in [0.15, 0.2) is 5.65 Å². The predicted octanol–water partition coefficient (Wildman–Crippen LogP) is 4.54. The second-order valence-corrected chi connectivity index (χ2v) is 5.76. The van der Waals surface area contributed by atoms with E-state index in [2.05, 4.69) is 10.1 Å². The molecule has 0 unspecified atom stereocenters. The van der Waals surface area contributed by atoms with Gasteiger partial charge >= 0.3 is 0 Å². The van der Waals surface area contributed by atoms with Crippen molar-refractivity contribution in [3.63, 3.8) is 0 Å². The number of rotatable bonds is 3. The summed E-state index contributed by atoms with van der Waals surface area (Å²) in [7, 11) is 1.65. The van der Waals surface area contributed by atoms with Gasteiger partial charge in [0, 0.05) is 6.20 Å². The molecule has 0 atom stereocenters. The first-order valence-corrected chi connectivity index (χ1v) is 7.92. The number of ether oxygens (including phenoxy) is 1. The molecule has 0 amide bonds. The summed E-state index contributed by atoms with van der Waals surface area (Å²) in [5.41, 5.74) is 4.45. The van der Waals surface area contributed by atoms with Gasteiger partial charge in [0.25, 0.3) is 0 Å². The van der Waals surface area contributed by atoms with E-state index in [4.69, 9.17) is 4.74 Å². The molecule has 0 aliphatic heterocycles. The molecule has 124 valence electrons. The van der Waals surface area contributed by atoms with E-state index in [0.29, 0.717) is 0 Å². The molecule has 0 aliphatic rings. The minimum Gasteiger partial charge on any atom is -0.497 e. The van der Waals surface area contributed by atoms with Gasteiger partial charge in [-0.3, -0.25) is 0 Å². The van der Waals surface area contributed by atoms with Crippen LogP contribution in [-0.4, -0.2) is 21.9 Å². The Morgan fingerprint density at radius 3 is 2.60 bits per heavy atom. The van der Waals surface area contributed by atoms with Crippen LogP contribution in [0, 0.1) is 12.7 Å². The van der Waals surface area contributed by atoms with Gasteiger partial charge in [-0.25, -0.2) is 14.1 Å². The Hall–Kier alpha value is -3.21. The van der Waals surface area contributed by atoms with E-state index >= 15 is 0 Å². The van der Waals surface area contributed by atoms with Crippen LogP contribution in [0.5, 0.6) is 5.75 Å². The van der Waals surface area contributed by atoms with Crippen LogP contribution in [0.25, 0.3) is 27.8 Å². The zero-order chi connectivity index (χ0) is 17.4. The largest absolute Gasteiger partial charge is 0.497 e. The third kappa shape index (κ3) is 2.63. The molecule has 5 heteroatoms. The number of aryl methyl sites for hydroxylation is 1. The molecule has 25 heavy (non-hydrogen) atoms. The van der Waals surface area contributed by atoms with Crippen LogP contribution in [0.1, 0.15) is 5.69 Å². The van der Waals surface area contributed by atoms with Gasteiger partial charge < -0.3 is 4.74 Å². The fraction of sp³-hybridized carbons (Fsp3) is 0.100. The molecule has 0 spiro atoms. The lowest BCUT2D eigenvalue weighted by Gasteiger charge is -2.07. The topological polar surface area (TPSA) is 39.9 Å². The quantitative estimate of drug-likeness (QED) is 0.552. The molecule has 4 aromatic rings. The number of halogens is 1. The van der Waals surface area contributed by atoms with Crippen LogP contribution in [0.15, 0.2) is 60.8 Å². The third-order valence-corrected chi connectivity index (χ3v) is 4.20. The molecular formula is C20H16FN3O. The lowest BCUT2D eigenvalue weighted by atomic mass is 10.0. The Bertz CT molecular complexity index is 1050. The maximum atomic E-state index is 13.2. The summed E-state index contributed by atoms with van der Waals surface area (Å²) in [6, 6.07) is 16.1. The number of nitrogens with zero attached hydrogens (tertiary/aromatic N) is 3. The Labute approximate surface area is 144 Å². The number of benzene rings is 2. The Kier molecular flexibility index (Phi) is 3.69. The first-order chi connectivity index (χ1) is 12.2. The highest BCUT2D eigenvalue weighted by molar-refractivity contribution is 5.95. The van der Waals surface area contributed by atoms with Crippen LogP contribution in [0.2, 0.25) is 0 Å². The van der Waals surface area contributed by atoms with Crippen molar-refractivity contribution in [2.45, 2.75) is 6.92 Å². The summed E-state index contributed by atoms with van der Waals surface area (Å²) < 4.78 is 20.3. The van der Waals surface area contributed by atoms with E-state index in [-0.39, 0.29) is 5.82 Å². The van der Waals surface area contributed by atoms with Gasteiger partial charge in [0.1, 0.15) is 11.6 Å². The molecule has 4 nitrogen and oxygen atoms in total. The average molecular weight is 333 g/mol. The fourth-order valence-corrected chi connectivity index (χ4v) is 3.01. The van der Waals surface area contributed by atoms with E-state index in [0.717, 1.165) is 39.3 Å². The van der Waals surface area contributed by atoms with Crippen molar-refractivity contribution in [3.8, 4) is 22.6 Å². The SMILES string of the molecule is COc1cccc(-c2ccnc3c2c(C)nn3-c2ccc(F)cc2)c1. The molecule has 0 saturated heterocycles. The number of pyridine rings is 1. The van der Waals surface area contributed by atoms with Gasteiger partial charge in [0.05, 0.1) is 23.9 Å². The highest BCUT2D eigenvalue weighted by Gasteiger charge is 2.15. The van der Waals surface area contributed by atoms with Gasteiger partial charge in [0.2, 0.25) is 0 Å². The Morgan fingerprint density at radius 1 is 1.04 bits per heavy atom. The zero-order valence-electron chi connectivity index (χ0n) is 13.9. The van der Waals surface area contributed by atoms with Crippen molar-refractivity contribution in [1.82, 2.24) is 14.8 Å². The molecule has 0 saturated carbocycles. The number of fused-ring (bicyclic) bond motifs is 1. The van der Waals surface area contributed by atoms with E-state index < -0.39 is 0 Å². The molecule has 0 fully saturated rings. The molecule has 2 aromatic heterocycles. The number of hydrogen-bond acceptors (Lipinski definition) is 3. The van der Waals surface area contributed by atoms with E-state index in [1.807, 2.05) is 37.3 Å². The van der Waals surface area contributed by atoms with Crippen LogP contribution in [0.3, 0.4) is 0 Å². The molecule has 4 rings (SSSR count). The number of aromatic nitrogens is 3. The molecule has 2 aromatic carbocycles. The fourth-order valence-electron chi connectivity index (χ4n) is 3.01. The standard InChI is InChI=1S/C20H16FN3O/c1-13-19-18(14-4-3-5-17(12-14)25-2)10-11-22-20(19)24(23-13)16-8-6-15(21)7-9-16/h3-12H,1-2H3. The molecule has 0 N–H and O–H groups in total. The lowest BCUT2D eigenvalue weighted by Crippen LogP contribution is -1.97. The number of methoxy groups -OCH3 is 1. The number of hydrogen-bond donors (Lipinski definition) is 0. The minimum absolute atomic E-state index is 0.276. The van der Waals surface area contributed by atoms with Crippen LogP contribution >= 0.6 is 0 Å². The highest BCUT2D eigenvalue weighted by atomic mass is 19.1. The van der Waals surface area contributed by atoms with Gasteiger partial charge in [-0.15, -0.1) is 0 Å². The zero-order valence-corrected chi connectivity index (χ0v) is 13.9. The van der Waals surface area contributed by atoms with Gasteiger partial charge in [-0.2, -0.15) is 5.10 Å². The summed E-state index contributed by atoms with van der Waals surface area (Å²) >= 11 is 0. The second-order valence-electron chi connectivity index (χ2n) is 5.76. The van der Waals surface area contributed by atoms with Crippen LogP contribution in [0.4, 0.5) is 4.39 Å². The summed E-state index contributed by atoms with van der Waals surface area (Å²) in [4.78, 5) is 4.51. The molecular weight excluding hydrogens is 317 g/mol. The summed E-state index contributed by atoms with van der Waals surface area (Å²) in [6.07, 6.45) is 1.76. The third-order valence-electron chi connectivity index (χ3n) is 4.20. The van der Waals surface area contributed by atoms with Crippen LogP contribution < -0.4 is 4.74 Å². The van der Waals surface area contributed by atoms with Crippen LogP contribution in [-0.2, 0) is 0 Å². The molecule has 0 radical (unpaired) electrons. The first-order valence-electron chi connectivity index (χ1n) is 7.92. The molecule has 0 aliphatic carbocycles. The average Bonchev–Trinajstić information content (AvgIpc) is 2.99. The monoisotopic (exact) mass is 333 g/mol. The highest BCUT2D eigenvalue weighted by Crippen LogP contribution is 2.32. The smallest absolute Gasteiger partial charge is 0.163 e. The Balaban J connectivity index is 1.95. The van der Waals surface area contributed by atoms with Gasteiger partial charge in [-0.05, 0) is 60.5 Å². The van der Waals surface area contributed by atoms with E-state index in [1.54, 1.807) is 30.1 Å². The van der Waals surface area contributed by atoms with Crippen molar-refractivity contribution < 1.29 is 9.13 Å². The predicted molar refractivity (Wildman–Crippen MR) is 95.5 cm³/mol. The molecule has 0 bridgehead atoms.